The largest absolute Gasteiger partial charge is 0.480 e. The van der Waals surface area contributed by atoms with Gasteiger partial charge in [-0.2, -0.15) is 15.0 Å². The van der Waals surface area contributed by atoms with Crippen LogP contribution in [0.15, 0.2) is 147 Å². The number of halogens is 4. The van der Waals surface area contributed by atoms with Crippen molar-refractivity contribution in [3.05, 3.63) is 189 Å². The SMILES string of the molecule is CCC(=O)COc1cc2cc(Nc3cc(N4CCC(C)CC4)ncc3Cl)ccc2n(C(C)C)c1=O.CCC(=O)COc1cc2cc(Nc3nc(N4CCC(C)CC4)ncc3Cl)ccc2n(C(C)C)c1=O.CCC(=O)COc1cc2cc(Nc3nc(N4CCC(C)CC4)ncc3Cl)ccc2n(CCOC)c1=O.CCC(=O)COc1cc2cc(Nc3nc(N4CCCCC4)ncc3Cl)ccc2n(CCOC)c1=O. The second kappa shape index (κ2) is 50.2. The summed E-state index contributed by atoms with van der Waals surface area (Å²) in [5.41, 5.74) is 5.80. The fraction of sp³-hybridized carbons (Fsp3) is 0.452. The van der Waals surface area contributed by atoms with Gasteiger partial charge in [-0.05, 0) is 200 Å². The Balaban J connectivity index is 0.000000158. The number of ketones is 4. The Morgan fingerprint density at radius 3 is 0.993 bits per heavy atom. The molecular formula is C104H127Cl4N19O14. The molecule has 12 aromatic rings. The van der Waals surface area contributed by atoms with E-state index in [0.29, 0.717) is 119 Å². The van der Waals surface area contributed by atoms with Crippen LogP contribution in [-0.2, 0) is 41.7 Å². The summed E-state index contributed by atoms with van der Waals surface area (Å²) in [7, 11) is 3.17. The highest BCUT2D eigenvalue weighted by Crippen LogP contribution is 2.38. The van der Waals surface area contributed by atoms with E-state index >= 15 is 0 Å². The first-order chi connectivity index (χ1) is 67.9. The quantitative estimate of drug-likeness (QED) is 0.0283. The Morgan fingerprint density at radius 1 is 0.369 bits per heavy atom. The maximum Gasteiger partial charge on any atom is 0.293 e. The van der Waals surface area contributed by atoms with E-state index in [1.54, 1.807) is 109 Å². The van der Waals surface area contributed by atoms with Crippen molar-refractivity contribution in [3.63, 3.8) is 0 Å². The van der Waals surface area contributed by atoms with Crippen molar-refractivity contribution in [1.29, 1.82) is 0 Å². The van der Waals surface area contributed by atoms with Gasteiger partial charge in [-0.25, -0.2) is 19.9 Å². The lowest BCUT2D eigenvalue weighted by Gasteiger charge is -2.31. The number of hydrogen-bond donors (Lipinski definition) is 4. The molecule has 4 saturated heterocycles. The summed E-state index contributed by atoms with van der Waals surface area (Å²) in [6.07, 6.45) is 18.2. The van der Waals surface area contributed by atoms with Gasteiger partial charge in [-0.3, -0.25) is 38.4 Å². The van der Waals surface area contributed by atoms with Gasteiger partial charge in [0.25, 0.3) is 22.2 Å². The third kappa shape index (κ3) is 27.6. The second-order valence-corrected chi connectivity index (χ2v) is 38.1. The number of benzene rings is 4. The van der Waals surface area contributed by atoms with Gasteiger partial charge >= 0.3 is 0 Å². The number of fused-ring (bicyclic) bond motifs is 4. The number of methoxy groups -OCH3 is 2. The molecule has 0 saturated carbocycles. The summed E-state index contributed by atoms with van der Waals surface area (Å²) in [5.74, 6) is 6.90. The smallest absolute Gasteiger partial charge is 0.293 e. The highest BCUT2D eigenvalue weighted by molar-refractivity contribution is 6.34. The predicted molar refractivity (Wildman–Crippen MR) is 562 cm³/mol. The summed E-state index contributed by atoms with van der Waals surface area (Å²) < 4.78 is 39.3. The molecular weight excluding hydrogens is 1880 g/mol. The van der Waals surface area contributed by atoms with Crippen LogP contribution in [0.2, 0.25) is 20.1 Å². The monoisotopic (exact) mass is 2010 g/mol. The van der Waals surface area contributed by atoms with Crippen LogP contribution < -0.4 is 82.1 Å². The molecule has 4 aromatic carbocycles. The molecule has 0 unspecified atom stereocenters. The van der Waals surface area contributed by atoms with Gasteiger partial charge in [-0.1, -0.05) is 94.9 Å². The fourth-order valence-electron chi connectivity index (χ4n) is 16.8. The molecule has 0 aliphatic carbocycles. The lowest BCUT2D eigenvalue weighted by atomic mass is 9.99. The van der Waals surface area contributed by atoms with Crippen LogP contribution in [0.5, 0.6) is 23.0 Å². The third-order valence-corrected chi connectivity index (χ3v) is 26.4. The second-order valence-electron chi connectivity index (χ2n) is 36.5. The molecule has 0 atom stereocenters. The molecule has 16 rings (SSSR count). The van der Waals surface area contributed by atoms with E-state index in [1.165, 1.54) is 6.42 Å². The van der Waals surface area contributed by atoms with Crippen LogP contribution >= 0.6 is 46.4 Å². The zero-order valence-corrected chi connectivity index (χ0v) is 85.5. The minimum Gasteiger partial charge on any atom is -0.480 e. The summed E-state index contributed by atoms with van der Waals surface area (Å²) >= 11 is 25.7. The minimum atomic E-state index is -0.302. The van der Waals surface area contributed by atoms with Crippen LogP contribution in [0.3, 0.4) is 0 Å². The van der Waals surface area contributed by atoms with Crippen LogP contribution in [0.4, 0.5) is 69.6 Å². The van der Waals surface area contributed by atoms with Crippen LogP contribution in [-0.4, -0.2) is 183 Å². The first-order valence-corrected chi connectivity index (χ1v) is 50.0. The molecule has 141 heavy (non-hydrogen) atoms. The maximum atomic E-state index is 13.0. The van der Waals surface area contributed by atoms with Gasteiger partial charge in [0.1, 0.15) is 47.3 Å². The van der Waals surface area contributed by atoms with Crippen molar-refractivity contribution in [2.75, 3.05) is 147 Å². The van der Waals surface area contributed by atoms with Crippen molar-refractivity contribution in [1.82, 2.24) is 53.2 Å². The Labute approximate surface area is 840 Å². The van der Waals surface area contributed by atoms with E-state index in [9.17, 15) is 38.4 Å². The molecule has 12 heterocycles. The number of aromatic nitrogens is 11. The molecule has 4 fully saturated rings. The van der Waals surface area contributed by atoms with Crippen molar-refractivity contribution in [2.45, 2.75) is 185 Å². The van der Waals surface area contributed by atoms with Gasteiger partial charge in [0.15, 0.2) is 63.6 Å². The number of nitrogens with zero attached hydrogens (tertiary/aromatic N) is 15. The Hall–Kier alpha value is -12.5. The molecule has 4 aliphatic rings. The molecule has 4 aliphatic heterocycles. The molecule has 750 valence electrons. The number of rotatable bonds is 36. The lowest BCUT2D eigenvalue weighted by Crippen LogP contribution is -2.34. The highest BCUT2D eigenvalue weighted by Gasteiger charge is 2.27. The summed E-state index contributed by atoms with van der Waals surface area (Å²) in [4.78, 5) is 140. The molecule has 0 radical (unpaired) electrons. The lowest BCUT2D eigenvalue weighted by molar-refractivity contribution is -0.121. The topological polar surface area (TPSA) is 363 Å². The average Bonchev–Trinajstić information content (AvgIpc) is 0.777. The van der Waals surface area contributed by atoms with Crippen molar-refractivity contribution >= 4 is 183 Å². The van der Waals surface area contributed by atoms with Gasteiger partial charge in [-0.15, -0.1) is 0 Å². The number of hydrogen-bond acceptors (Lipinski definition) is 29. The van der Waals surface area contributed by atoms with E-state index in [2.05, 4.69) is 96.5 Å². The number of ether oxygens (including phenoxy) is 6. The van der Waals surface area contributed by atoms with E-state index in [-0.39, 0.29) is 107 Å². The molecule has 37 heteroatoms. The third-order valence-electron chi connectivity index (χ3n) is 25.3. The number of Topliss-reactive ketones (excluding diaryl/α,β-unsaturated/α-hetero) is 4. The Kier molecular flexibility index (Phi) is 37.7. The van der Waals surface area contributed by atoms with Gasteiger partial charge < -0.3 is 87.6 Å². The molecule has 8 aromatic heterocycles. The van der Waals surface area contributed by atoms with E-state index < -0.39 is 0 Å². The standard InChI is InChI=1S/C27H33ClN4O3.C26H32ClN5O4.C26H32ClN5O3.C25H30ClN5O4/c1-5-21(33)16-35-25-13-19-12-20(6-7-24(19)32(17(2)3)27(25)34)30-23-14-26(29-15-22(23)28)31-10-8-18(4)9-11-31;1-4-20(33)16-36-23-14-18-13-19(5-6-22(18)32(25(23)34)11-12-35-3)29-24-21(27)15-28-26(30-24)31-9-7-17(2)8-10-31;1-5-20(33)15-35-23-13-18-12-19(6-7-22(18)32(16(2)3)25(23)34)29-24-21(27)14-28-26(30-24)31-10-8-17(4)9-11-31;1-3-19(32)16-35-22-14-17-13-18(7-8-21(17)31(24(22)33)11-12-34-2)28-23-20(26)15-27-25(29-23)30-9-5-4-6-10-30/h6-7,12-15,17-18H,5,8-11,16H2,1-4H3,(H,29,30);5-6,13-15,17H,4,7-12,16H2,1-3H3,(H,28,29,30);6-7,12-14,16-17H,5,8-11,15H2,1-4H3,(H,28,29,30);7-8,13-15H,3-6,9-12,16H2,1-2H3,(H,27,28,29). The highest BCUT2D eigenvalue weighted by atomic mass is 35.5. The predicted octanol–water partition coefficient (Wildman–Crippen LogP) is 19.9. The summed E-state index contributed by atoms with van der Waals surface area (Å²) in [6.45, 7) is 30.1. The molecule has 0 amide bonds. The minimum absolute atomic E-state index is 0.0534. The molecule has 4 N–H and O–H groups in total. The first-order valence-electron chi connectivity index (χ1n) is 48.5. The van der Waals surface area contributed by atoms with Crippen molar-refractivity contribution < 1.29 is 47.6 Å². The summed E-state index contributed by atoms with van der Waals surface area (Å²) in [5, 5.41) is 18.3. The maximum absolute atomic E-state index is 13.0. The number of pyridine rings is 5. The summed E-state index contributed by atoms with van der Waals surface area (Å²) in [6, 6.07) is 31.3. The zero-order chi connectivity index (χ0) is 101. The zero-order valence-electron chi connectivity index (χ0n) is 82.5. The van der Waals surface area contributed by atoms with E-state index in [0.717, 1.165) is 188 Å². The fourth-order valence-corrected chi connectivity index (χ4v) is 17.3. The molecule has 33 nitrogen and oxygen atoms in total. The number of nitrogens with one attached hydrogen (secondary N) is 4. The number of carbonyl (C=O) groups is 4. The number of anilines is 12. The van der Waals surface area contributed by atoms with E-state index in [1.807, 2.05) is 107 Å². The molecule has 0 bridgehead atoms. The van der Waals surface area contributed by atoms with Crippen LogP contribution in [0.1, 0.15) is 172 Å². The Bertz CT molecular complexity index is 6490. The normalized spacial score (nSPS) is 14.3. The average molecular weight is 2010 g/mol. The van der Waals surface area contributed by atoms with Gasteiger partial charge in [0, 0.05) is 168 Å². The number of piperidine rings is 4. The van der Waals surface area contributed by atoms with Crippen molar-refractivity contribution in [3.8, 4) is 23.0 Å². The van der Waals surface area contributed by atoms with Crippen molar-refractivity contribution in [2.24, 2.45) is 17.8 Å². The Morgan fingerprint density at radius 2 is 0.667 bits per heavy atom. The number of carbonyl (C=O) groups excluding carboxylic acids is 4. The van der Waals surface area contributed by atoms with Gasteiger partial charge in [0.05, 0.1) is 70.8 Å². The van der Waals surface area contributed by atoms with Crippen LogP contribution in [0, 0.1) is 17.8 Å². The van der Waals surface area contributed by atoms with Gasteiger partial charge in [0.2, 0.25) is 17.8 Å². The molecule has 0 spiro atoms. The van der Waals surface area contributed by atoms with E-state index in [4.69, 9.17) is 74.8 Å². The van der Waals surface area contributed by atoms with Crippen LogP contribution in [0.25, 0.3) is 43.6 Å². The first kappa shape index (κ1) is 106.